The zero-order chi connectivity index (χ0) is 19.3. The van der Waals surface area contributed by atoms with Gasteiger partial charge in [-0.25, -0.2) is 4.79 Å². The number of aliphatic hydroxyl groups excluding tert-OH is 1. The van der Waals surface area contributed by atoms with E-state index in [1.165, 1.54) is 6.42 Å². The van der Waals surface area contributed by atoms with E-state index < -0.39 is 0 Å². The lowest BCUT2D eigenvalue weighted by Gasteiger charge is -2.42. The van der Waals surface area contributed by atoms with Crippen molar-refractivity contribution in [3.8, 4) is 11.1 Å². The highest BCUT2D eigenvalue weighted by atomic mass is 16.3. The fraction of sp³-hybridized carbons (Fsp3) is 0.435. The van der Waals surface area contributed by atoms with Gasteiger partial charge in [-0.15, -0.1) is 0 Å². The summed E-state index contributed by atoms with van der Waals surface area (Å²) in [6.45, 7) is 3.07. The van der Waals surface area contributed by atoms with Gasteiger partial charge in [0.2, 0.25) is 0 Å². The Morgan fingerprint density at radius 2 is 1.61 bits per heavy atom. The summed E-state index contributed by atoms with van der Waals surface area (Å²) < 4.78 is 0. The zero-order valence-electron chi connectivity index (χ0n) is 16.3. The van der Waals surface area contributed by atoms with E-state index in [0.29, 0.717) is 13.1 Å². The average molecular weight is 380 g/mol. The molecule has 0 aromatic heterocycles. The van der Waals surface area contributed by atoms with E-state index in [-0.39, 0.29) is 18.2 Å². The number of aliphatic hydroxyl groups is 1. The van der Waals surface area contributed by atoms with Crippen LogP contribution in [0.1, 0.15) is 25.7 Å². The van der Waals surface area contributed by atoms with Gasteiger partial charge in [-0.2, -0.15) is 0 Å². The molecule has 4 rings (SSSR count). The predicted octanol–water partition coefficient (Wildman–Crippen LogP) is 3.81. The van der Waals surface area contributed by atoms with Crippen molar-refractivity contribution >= 4 is 11.7 Å². The van der Waals surface area contributed by atoms with E-state index in [4.69, 9.17) is 0 Å². The molecule has 1 aliphatic carbocycles. The van der Waals surface area contributed by atoms with E-state index in [0.717, 1.165) is 49.2 Å². The quantitative estimate of drug-likeness (QED) is 0.853. The molecular weight excluding hydrogens is 350 g/mol. The van der Waals surface area contributed by atoms with Crippen LogP contribution in [0.2, 0.25) is 0 Å². The Hall–Kier alpha value is -2.37. The molecule has 2 atom stereocenters. The molecule has 2 fully saturated rings. The molecular formula is C23H29N3O2. The first-order valence-corrected chi connectivity index (χ1v) is 10.3. The third-order valence-electron chi connectivity index (χ3n) is 5.99. The molecule has 0 bridgehead atoms. The summed E-state index contributed by atoms with van der Waals surface area (Å²) in [4.78, 5) is 17.0. The number of nitrogens with zero attached hydrogens (tertiary/aromatic N) is 2. The maximum atomic E-state index is 12.7. The summed E-state index contributed by atoms with van der Waals surface area (Å²) in [5.74, 6) is 0. The monoisotopic (exact) mass is 379 g/mol. The normalized spacial score (nSPS) is 23.4. The highest BCUT2D eigenvalue weighted by molar-refractivity contribution is 5.90. The molecule has 2 amide bonds. The van der Waals surface area contributed by atoms with Crippen LogP contribution >= 0.6 is 0 Å². The van der Waals surface area contributed by atoms with Gasteiger partial charge in [0.05, 0.1) is 6.10 Å². The van der Waals surface area contributed by atoms with E-state index in [2.05, 4.69) is 28.4 Å². The Morgan fingerprint density at radius 3 is 2.36 bits per heavy atom. The molecule has 28 heavy (non-hydrogen) atoms. The van der Waals surface area contributed by atoms with Crippen LogP contribution in [0.25, 0.3) is 11.1 Å². The SMILES string of the molecule is O=C(Nc1cccc(-c2ccccc2)c1)N1CCN([C@H]2CCCC[C@@H]2O)CC1. The minimum Gasteiger partial charge on any atom is -0.391 e. The molecule has 1 heterocycles. The minimum absolute atomic E-state index is 0.0472. The topological polar surface area (TPSA) is 55.8 Å². The standard InChI is InChI=1S/C23H29N3O2/c27-22-12-5-4-11-21(22)25-13-15-26(16-14-25)23(28)24-20-10-6-9-19(17-20)18-7-2-1-3-8-18/h1-3,6-10,17,21-22,27H,4-5,11-16H2,(H,24,28)/t21-,22-/m0/s1. The van der Waals surface area contributed by atoms with Crippen molar-refractivity contribution < 1.29 is 9.90 Å². The number of carbonyl (C=O) groups is 1. The second-order valence-corrected chi connectivity index (χ2v) is 7.82. The van der Waals surface area contributed by atoms with Crippen LogP contribution in [-0.2, 0) is 0 Å². The first-order chi connectivity index (χ1) is 13.7. The van der Waals surface area contributed by atoms with Crippen LogP contribution in [0.5, 0.6) is 0 Å². The number of benzene rings is 2. The lowest BCUT2D eigenvalue weighted by Crippen LogP contribution is -2.56. The van der Waals surface area contributed by atoms with Crippen molar-refractivity contribution in [1.29, 1.82) is 0 Å². The van der Waals surface area contributed by atoms with Crippen LogP contribution in [0.4, 0.5) is 10.5 Å². The number of urea groups is 1. The number of hydrogen-bond donors (Lipinski definition) is 2. The summed E-state index contributed by atoms with van der Waals surface area (Å²) >= 11 is 0. The van der Waals surface area contributed by atoms with Gasteiger partial charge in [0.1, 0.15) is 0 Å². The zero-order valence-corrected chi connectivity index (χ0v) is 16.3. The van der Waals surface area contributed by atoms with Crippen molar-refractivity contribution in [2.75, 3.05) is 31.5 Å². The lowest BCUT2D eigenvalue weighted by molar-refractivity contribution is 0.00275. The summed E-state index contributed by atoms with van der Waals surface area (Å²) in [5.41, 5.74) is 3.05. The number of amides is 2. The van der Waals surface area contributed by atoms with E-state index >= 15 is 0 Å². The van der Waals surface area contributed by atoms with Gasteiger partial charge >= 0.3 is 6.03 Å². The average Bonchev–Trinajstić information content (AvgIpc) is 2.75. The van der Waals surface area contributed by atoms with Gasteiger partial charge in [-0.05, 0) is 36.1 Å². The number of hydrogen-bond acceptors (Lipinski definition) is 3. The minimum atomic E-state index is -0.213. The molecule has 0 unspecified atom stereocenters. The molecule has 1 saturated heterocycles. The second-order valence-electron chi connectivity index (χ2n) is 7.82. The Balaban J connectivity index is 1.34. The molecule has 2 aromatic carbocycles. The van der Waals surface area contributed by atoms with Gasteiger partial charge in [0.25, 0.3) is 0 Å². The van der Waals surface area contributed by atoms with Crippen LogP contribution in [-0.4, -0.2) is 59.3 Å². The van der Waals surface area contributed by atoms with Crippen molar-refractivity contribution in [2.45, 2.75) is 37.8 Å². The number of carbonyl (C=O) groups excluding carboxylic acids is 1. The molecule has 0 spiro atoms. The van der Waals surface area contributed by atoms with Gasteiger partial charge in [-0.1, -0.05) is 55.3 Å². The van der Waals surface area contributed by atoms with Crippen molar-refractivity contribution in [3.05, 3.63) is 54.6 Å². The van der Waals surface area contributed by atoms with Crippen LogP contribution < -0.4 is 5.32 Å². The predicted molar refractivity (Wildman–Crippen MR) is 112 cm³/mol. The molecule has 2 N–H and O–H groups in total. The highest BCUT2D eigenvalue weighted by Gasteiger charge is 2.31. The molecule has 5 heteroatoms. The fourth-order valence-electron chi connectivity index (χ4n) is 4.38. The molecule has 1 saturated carbocycles. The van der Waals surface area contributed by atoms with Crippen molar-refractivity contribution in [1.82, 2.24) is 9.80 Å². The van der Waals surface area contributed by atoms with Gasteiger partial charge in [0, 0.05) is 37.9 Å². The Bertz CT molecular complexity index is 787. The maximum Gasteiger partial charge on any atom is 0.321 e. The fourth-order valence-corrected chi connectivity index (χ4v) is 4.38. The summed E-state index contributed by atoms with van der Waals surface area (Å²) in [6, 6.07) is 18.4. The third-order valence-corrected chi connectivity index (χ3v) is 5.99. The summed E-state index contributed by atoms with van der Waals surface area (Å²) in [6.07, 6.45) is 4.08. The molecule has 0 radical (unpaired) electrons. The molecule has 2 aliphatic rings. The number of piperazine rings is 1. The van der Waals surface area contributed by atoms with Crippen molar-refractivity contribution in [2.24, 2.45) is 0 Å². The Kier molecular flexibility index (Phi) is 5.93. The van der Waals surface area contributed by atoms with Gasteiger partial charge in [0.15, 0.2) is 0 Å². The largest absolute Gasteiger partial charge is 0.391 e. The van der Waals surface area contributed by atoms with Crippen molar-refractivity contribution in [3.63, 3.8) is 0 Å². The molecule has 148 valence electrons. The number of anilines is 1. The second kappa shape index (κ2) is 8.76. The first-order valence-electron chi connectivity index (χ1n) is 10.3. The highest BCUT2D eigenvalue weighted by Crippen LogP contribution is 2.25. The lowest BCUT2D eigenvalue weighted by atomic mass is 9.91. The maximum absolute atomic E-state index is 12.7. The molecule has 5 nitrogen and oxygen atoms in total. The van der Waals surface area contributed by atoms with E-state index in [1.54, 1.807) is 0 Å². The third kappa shape index (κ3) is 4.37. The van der Waals surface area contributed by atoms with Crippen LogP contribution in [0.15, 0.2) is 54.6 Å². The molecule has 1 aliphatic heterocycles. The molecule has 2 aromatic rings. The summed E-state index contributed by atoms with van der Waals surface area (Å²) in [7, 11) is 0. The first kappa shape index (κ1) is 19.0. The van der Waals surface area contributed by atoms with E-state index in [1.807, 2.05) is 41.3 Å². The Morgan fingerprint density at radius 1 is 0.893 bits per heavy atom. The van der Waals surface area contributed by atoms with E-state index in [9.17, 15) is 9.90 Å². The summed E-state index contributed by atoms with van der Waals surface area (Å²) in [5, 5.41) is 13.3. The van der Waals surface area contributed by atoms with Gasteiger partial charge < -0.3 is 15.3 Å². The van der Waals surface area contributed by atoms with Gasteiger partial charge in [-0.3, -0.25) is 4.90 Å². The Labute approximate surface area is 167 Å². The van der Waals surface area contributed by atoms with Crippen LogP contribution in [0.3, 0.4) is 0 Å². The number of nitrogens with one attached hydrogen (secondary N) is 1. The van der Waals surface area contributed by atoms with Crippen LogP contribution in [0, 0.1) is 0 Å². The number of rotatable bonds is 3. The smallest absolute Gasteiger partial charge is 0.321 e.